The Labute approximate surface area is 138 Å². The van der Waals surface area contributed by atoms with Gasteiger partial charge in [-0.2, -0.15) is 0 Å². The van der Waals surface area contributed by atoms with Crippen molar-refractivity contribution in [1.82, 2.24) is 10.9 Å². The maximum atomic E-state index is 6.18. The predicted octanol–water partition coefficient (Wildman–Crippen LogP) is 3.34. The Bertz CT molecular complexity index is 641. The number of benzene rings is 2. The highest BCUT2D eigenvalue weighted by molar-refractivity contribution is 5.42. The van der Waals surface area contributed by atoms with E-state index in [1.165, 1.54) is 11.1 Å². The zero-order chi connectivity index (χ0) is 16.2. The second-order valence-electron chi connectivity index (χ2n) is 6.23. The Morgan fingerprint density at radius 3 is 2.65 bits per heavy atom. The molecule has 1 fully saturated rings. The van der Waals surface area contributed by atoms with Gasteiger partial charge in [0.05, 0.1) is 6.04 Å². The summed E-state index contributed by atoms with van der Waals surface area (Å²) >= 11 is 0. The van der Waals surface area contributed by atoms with Crippen molar-refractivity contribution in [2.24, 2.45) is 0 Å². The molecule has 0 amide bonds. The van der Waals surface area contributed by atoms with Crippen LogP contribution in [0.2, 0.25) is 0 Å². The first-order valence-corrected chi connectivity index (χ1v) is 8.25. The topological polar surface area (TPSA) is 59.3 Å². The van der Waals surface area contributed by atoms with Gasteiger partial charge in [-0.05, 0) is 49.6 Å². The lowest BCUT2D eigenvalue weighted by molar-refractivity contribution is 0.154. The van der Waals surface area contributed by atoms with E-state index in [9.17, 15) is 0 Å². The van der Waals surface area contributed by atoms with E-state index >= 15 is 0 Å². The molecule has 0 spiro atoms. The summed E-state index contributed by atoms with van der Waals surface area (Å²) in [4.78, 5) is 0. The maximum absolute atomic E-state index is 6.18. The van der Waals surface area contributed by atoms with Crippen LogP contribution in [0, 0.1) is 6.92 Å². The number of nitrogens with one attached hydrogen (secondary N) is 2. The zero-order valence-electron chi connectivity index (χ0n) is 13.8. The van der Waals surface area contributed by atoms with Gasteiger partial charge in [0.2, 0.25) is 0 Å². The van der Waals surface area contributed by atoms with E-state index in [2.05, 4.69) is 42.9 Å². The van der Waals surface area contributed by atoms with Crippen LogP contribution in [0.4, 0.5) is 5.69 Å². The average molecular weight is 311 g/mol. The van der Waals surface area contributed by atoms with Crippen molar-refractivity contribution in [1.29, 1.82) is 0 Å². The Balaban J connectivity index is 1.65. The minimum absolute atomic E-state index is 0.135. The minimum atomic E-state index is 0.135. The molecule has 0 radical (unpaired) electrons. The van der Waals surface area contributed by atoms with Crippen molar-refractivity contribution in [3.63, 3.8) is 0 Å². The van der Waals surface area contributed by atoms with Gasteiger partial charge in [-0.15, -0.1) is 0 Å². The first-order chi connectivity index (χ1) is 11.2. The van der Waals surface area contributed by atoms with E-state index in [1.807, 2.05) is 30.3 Å². The van der Waals surface area contributed by atoms with E-state index in [1.54, 1.807) is 0 Å². The fraction of sp³-hybridized carbons (Fsp3) is 0.368. The van der Waals surface area contributed by atoms with Crippen LogP contribution in [0.25, 0.3) is 0 Å². The number of rotatable bonds is 5. The Kier molecular flexibility index (Phi) is 4.84. The summed E-state index contributed by atoms with van der Waals surface area (Å²) in [5.41, 5.74) is 15.9. The summed E-state index contributed by atoms with van der Waals surface area (Å²) in [7, 11) is 0. The second-order valence-corrected chi connectivity index (χ2v) is 6.23. The molecule has 2 aromatic rings. The highest BCUT2D eigenvalue weighted by Crippen LogP contribution is 2.27. The Morgan fingerprint density at radius 2 is 1.96 bits per heavy atom. The molecular weight excluding hydrogens is 286 g/mol. The van der Waals surface area contributed by atoms with Gasteiger partial charge in [0.25, 0.3) is 0 Å². The van der Waals surface area contributed by atoms with Crippen LogP contribution in [0.5, 0.6) is 5.75 Å². The molecule has 2 aromatic carbocycles. The first kappa shape index (κ1) is 15.8. The molecule has 0 aromatic heterocycles. The molecule has 1 saturated heterocycles. The third-order valence-corrected chi connectivity index (χ3v) is 4.41. The SMILES string of the molecule is CCC(Oc1ccc(C)cc1)C1CC(c2cccc(N)c2)NN1. The van der Waals surface area contributed by atoms with E-state index in [0.29, 0.717) is 0 Å². The lowest BCUT2D eigenvalue weighted by Crippen LogP contribution is -2.41. The van der Waals surface area contributed by atoms with E-state index in [4.69, 9.17) is 10.5 Å². The molecular formula is C19H25N3O. The summed E-state index contributed by atoms with van der Waals surface area (Å²) in [5, 5.41) is 0. The van der Waals surface area contributed by atoms with Crippen molar-refractivity contribution in [3.05, 3.63) is 59.7 Å². The minimum Gasteiger partial charge on any atom is -0.489 e. The normalized spacial score (nSPS) is 22.0. The van der Waals surface area contributed by atoms with Crippen LogP contribution < -0.4 is 21.3 Å². The lowest BCUT2D eigenvalue weighted by Gasteiger charge is -2.23. The van der Waals surface area contributed by atoms with Gasteiger partial charge >= 0.3 is 0 Å². The van der Waals surface area contributed by atoms with Gasteiger partial charge in [0.1, 0.15) is 11.9 Å². The van der Waals surface area contributed by atoms with Gasteiger partial charge in [0, 0.05) is 11.7 Å². The molecule has 122 valence electrons. The third-order valence-electron chi connectivity index (χ3n) is 4.41. The molecule has 3 unspecified atom stereocenters. The number of hydrazine groups is 1. The fourth-order valence-corrected chi connectivity index (χ4v) is 3.06. The van der Waals surface area contributed by atoms with Crippen LogP contribution in [-0.4, -0.2) is 12.1 Å². The third kappa shape index (κ3) is 3.84. The Morgan fingerprint density at radius 1 is 1.17 bits per heavy atom. The molecule has 1 heterocycles. The molecule has 1 aliphatic heterocycles. The first-order valence-electron chi connectivity index (χ1n) is 8.25. The van der Waals surface area contributed by atoms with Gasteiger partial charge < -0.3 is 10.5 Å². The molecule has 3 atom stereocenters. The number of nitrogens with two attached hydrogens (primary N) is 1. The smallest absolute Gasteiger partial charge is 0.119 e. The lowest BCUT2D eigenvalue weighted by atomic mass is 9.98. The monoisotopic (exact) mass is 311 g/mol. The van der Waals surface area contributed by atoms with Crippen LogP contribution in [0.1, 0.15) is 36.9 Å². The molecule has 0 bridgehead atoms. The largest absolute Gasteiger partial charge is 0.489 e. The fourth-order valence-electron chi connectivity index (χ4n) is 3.06. The summed E-state index contributed by atoms with van der Waals surface area (Å²) < 4.78 is 6.18. The number of ether oxygens (including phenoxy) is 1. The molecule has 1 aliphatic rings. The number of nitrogen functional groups attached to an aromatic ring is 1. The summed E-state index contributed by atoms with van der Waals surface area (Å²) in [6.07, 6.45) is 2.07. The zero-order valence-corrected chi connectivity index (χ0v) is 13.8. The van der Waals surface area contributed by atoms with Gasteiger partial charge in [-0.25, -0.2) is 5.43 Å². The van der Waals surface area contributed by atoms with Crippen LogP contribution in [-0.2, 0) is 0 Å². The molecule has 0 aliphatic carbocycles. The van der Waals surface area contributed by atoms with Crippen LogP contribution in [0.15, 0.2) is 48.5 Å². The quantitative estimate of drug-likeness (QED) is 0.741. The molecule has 0 saturated carbocycles. The Hall–Kier alpha value is -2.04. The van der Waals surface area contributed by atoms with Crippen molar-refractivity contribution in [2.45, 2.75) is 44.9 Å². The van der Waals surface area contributed by atoms with Crippen molar-refractivity contribution < 1.29 is 4.74 Å². The number of hydrogen-bond donors (Lipinski definition) is 3. The van der Waals surface area contributed by atoms with Gasteiger partial charge in [-0.3, -0.25) is 5.43 Å². The maximum Gasteiger partial charge on any atom is 0.119 e. The standard InChI is InChI=1S/C19H25N3O/c1-3-19(23-16-9-7-13(2)8-10-16)18-12-17(21-22-18)14-5-4-6-15(20)11-14/h4-11,17-19,21-22H,3,12,20H2,1-2H3. The summed E-state index contributed by atoms with van der Waals surface area (Å²) in [5.74, 6) is 0.927. The number of anilines is 1. The summed E-state index contributed by atoms with van der Waals surface area (Å²) in [6.45, 7) is 4.24. The molecule has 4 N–H and O–H groups in total. The average Bonchev–Trinajstić information content (AvgIpc) is 3.04. The molecule has 23 heavy (non-hydrogen) atoms. The van der Waals surface area contributed by atoms with Crippen molar-refractivity contribution in [2.75, 3.05) is 5.73 Å². The van der Waals surface area contributed by atoms with Crippen molar-refractivity contribution in [3.8, 4) is 5.75 Å². The predicted molar refractivity (Wildman–Crippen MR) is 94.2 cm³/mol. The van der Waals surface area contributed by atoms with Crippen LogP contribution in [0.3, 0.4) is 0 Å². The van der Waals surface area contributed by atoms with Gasteiger partial charge in [0.15, 0.2) is 0 Å². The molecule has 4 heteroatoms. The number of hydrogen-bond acceptors (Lipinski definition) is 4. The molecule has 4 nitrogen and oxygen atoms in total. The van der Waals surface area contributed by atoms with Gasteiger partial charge in [-0.1, -0.05) is 36.8 Å². The van der Waals surface area contributed by atoms with E-state index < -0.39 is 0 Å². The number of aryl methyl sites for hydroxylation is 1. The second kappa shape index (κ2) is 7.02. The highest BCUT2D eigenvalue weighted by atomic mass is 16.5. The molecule has 3 rings (SSSR count). The van der Waals surface area contributed by atoms with E-state index in [0.717, 1.165) is 24.3 Å². The van der Waals surface area contributed by atoms with Crippen LogP contribution >= 0.6 is 0 Å². The van der Waals surface area contributed by atoms with Crippen molar-refractivity contribution >= 4 is 5.69 Å². The summed E-state index contributed by atoms with van der Waals surface area (Å²) in [6, 6.07) is 16.8. The van der Waals surface area contributed by atoms with E-state index in [-0.39, 0.29) is 18.2 Å². The highest BCUT2D eigenvalue weighted by Gasteiger charge is 2.31.